The molecule has 0 spiro atoms. The molecule has 0 saturated carbocycles. The lowest BCUT2D eigenvalue weighted by atomic mass is 10.3. The Morgan fingerprint density at radius 3 is 2.94 bits per heavy atom. The third kappa shape index (κ3) is 1.66. The van der Waals surface area contributed by atoms with Crippen LogP contribution in [-0.2, 0) is 4.79 Å². The minimum Gasteiger partial charge on any atom is -0.480 e. The molecule has 0 amide bonds. The molecule has 1 unspecified atom stereocenters. The lowest BCUT2D eigenvalue weighted by molar-refractivity contribution is -0.137. The van der Waals surface area contributed by atoms with Crippen molar-refractivity contribution >= 4 is 43.6 Å². The van der Waals surface area contributed by atoms with Gasteiger partial charge in [-0.15, -0.1) is 0 Å². The summed E-state index contributed by atoms with van der Waals surface area (Å²) in [4.78, 5) is 19.9. The van der Waals surface area contributed by atoms with Crippen molar-refractivity contribution in [3.05, 3.63) is 24.3 Å². The number of fused-ring (bicyclic) bond motifs is 1. The Hall–Kier alpha value is -1.31. The topological polar surface area (TPSA) is 82.2 Å². The number of carboxylic acid groups (broad SMARTS) is 1. The predicted molar refractivity (Wildman–Crippen MR) is 74.4 cm³/mol. The Balaban J connectivity index is 2.02. The number of hydrogen-bond acceptors (Lipinski definition) is 5. The smallest absolute Gasteiger partial charge is 0.329 e. The van der Waals surface area contributed by atoms with Crippen molar-refractivity contribution in [2.75, 3.05) is 5.75 Å². The highest BCUT2D eigenvalue weighted by atomic mass is 32.3. The standard InChI is InChI=1S/C11H10N2O3S2/c14-10(15)8-5-17-11(13-8)18(16)6-12-7-3-1-2-4-9(7)18/h1-4,6,8,16H,5H2,(H,14,15)/t8-/m1/s1. The Morgan fingerprint density at radius 1 is 1.44 bits per heavy atom. The lowest BCUT2D eigenvalue weighted by Crippen LogP contribution is -2.17. The van der Waals surface area contributed by atoms with Crippen LogP contribution in [0.4, 0.5) is 5.69 Å². The van der Waals surface area contributed by atoms with E-state index in [4.69, 9.17) is 5.11 Å². The Labute approximate surface area is 109 Å². The Bertz CT molecular complexity index is 587. The first-order valence-electron chi connectivity index (χ1n) is 5.23. The second-order valence-electron chi connectivity index (χ2n) is 3.89. The summed E-state index contributed by atoms with van der Waals surface area (Å²) in [6.07, 6.45) is 0. The molecule has 0 radical (unpaired) electrons. The van der Waals surface area contributed by atoms with Gasteiger partial charge in [0.25, 0.3) is 0 Å². The maximum absolute atomic E-state index is 10.9. The van der Waals surface area contributed by atoms with Crippen molar-refractivity contribution in [3.63, 3.8) is 0 Å². The summed E-state index contributed by atoms with van der Waals surface area (Å²) in [5.41, 5.74) is 2.24. The summed E-state index contributed by atoms with van der Waals surface area (Å²) in [6, 6.07) is 6.56. The van der Waals surface area contributed by atoms with Crippen LogP contribution in [0.15, 0.2) is 39.1 Å². The number of carbonyl (C=O) groups is 1. The number of para-hydroxylation sites is 1. The van der Waals surface area contributed by atoms with E-state index in [0.29, 0.717) is 10.1 Å². The number of aliphatic carboxylic acids is 1. The van der Waals surface area contributed by atoms with Gasteiger partial charge in [0.1, 0.15) is 4.38 Å². The normalized spacial score (nSPS) is 32.7. The van der Waals surface area contributed by atoms with Crippen molar-refractivity contribution in [3.8, 4) is 0 Å². The van der Waals surface area contributed by atoms with Gasteiger partial charge in [-0.3, -0.25) is 4.99 Å². The van der Waals surface area contributed by atoms with Gasteiger partial charge in [0.05, 0.1) is 11.2 Å². The zero-order valence-electron chi connectivity index (χ0n) is 9.18. The maximum Gasteiger partial charge on any atom is 0.329 e. The van der Waals surface area contributed by atoms with Gasteiger partial charge in [-0.1, -0.05) is 23.9 Å². The van der Waals surface area contributed by atoms with Gasteiger partial charge in [0.15, 0.2) is 6.04 Å². The van der Waals surface area contributed by atoms with Crippen LogP contribution in [0, 0.1) is 0 Å². The van der Waals surface area contributed by atoms with Gasteiger partial charge >= 0.3 is 5.97 Å². The SMILES string of the molecule is O=C(O)[C@H]1CSC(S2(O)C=Nc3ccccc32)=N1. The van der Waals surface area contributed by atoms with Gasteiger partial charge in [0, 0.05) is 10.6 Å². The van der Waals surface area contributed by atoms with Crippen LogP contribution >= 0.6 is 22.1 Å². The van der Waals surface area contributed by atoms with Gasteiger partial charge in [0.2, 0.25) is 0 Å². The van der Waals surface area contributed by atoms with E-state index in [1.807, 2.05) is 24.3 Å². The summed E-state index contributed by atoms with van der Waals surface area (Å²) in [5.74, 6) is -0.584. The van der Waals surface area contributed by atoms with E-state index in [2.05, 4.69) is 9.98 Å². The zero-order valence-corrected chi connectivity index (χ0v) is 10.8. The summed E-state index contributed by atoms with van der Waals surface area (Å²) < 4.78 is 11.2. The van der Waals surface area contributed by atoms with Gasteiger partial charge in [-0.25, -0.2) is 9.79 Å². The van der Waals surface area contributed by atoms with Crippen molar-refractivity contribution < 1.29 is 14.5 Å². The van der Waals surface area contributed by atoms with E-state index in [9.17, 15) is 9.35 Å². The van der Waals surface area contributed by atoms with Crippen LogP contribution in [0.25, 0.3) is 0 Å². The molecule has 18 heavy (non-hydrogen) atoms. The largest absolute Gasteiger partial charge is 0.480 e. The fraction of sp³-hybridized carbons (Fsp3) is 0.182. The third-order valence-corrected chi connectivity index (χ3v) is 6.74. The van der Waals surface area contributed by atoms with Gasteiger partial charge in [-0.2, -0.15) is 0 Å². The fourth-order valence-corrected chi connectivity index (χ4v) is 5.52. The molecular weight excluding hydrogens is 272 g/mol. The monoisotopic (exact) mass is 282 g/mol. The molecule has 2 atom stereocenters. The summed E-state index contributed by atoms with van der Waals surface area (Å²) >= 11 is 1.30. The van der Waals surface area contributed by atoms with E-state index in [0.717, 1.165) is 10.6 Å². The molecule has 94 valence electrons. The first-order chi connectivity index (χ1) is 8.61. The zero-order chi connectivity index (χ0) is 12.8. The van der Waals surface area contributed by atoms with Crippen molar-refractivity contribution in [2.45, 2.75) is 10.9 Å². The molecule has 3 rings (SSSR count). The van der Waals surface area contributed by atoms with Gasteiger partial charge in [-0.05, 0) is 22.4 Å². The first kappa shape index (κ1) is 11.8. The van der Waals surface area contributed by atoms with Crippen LogP contribution in [0.5, 0.6) is 0 Å². The molecule has 0 fully saturated rings. The summed E-state index contributed by atoms with van der Waals surface area (Å²) in [7, 11) is -2.35. The van der Waals surface area contributed by atoms with Gasteiger partial charge < -0.3 is 9.66 Å². The Morgan fingerprint density at radius 2 is 2.22 bits per heavy atom. The third-order valence-electron chi connectivity index (χ3n) is 2.72. The number of thioether (sulfide) groups is 1. The van der Waals surface area contributed by atoms with E-state index in [1.165, 1.54) is 17.3 Å². The highest BCUT2D eigenvalue weighted by Crippen LogP contribution is 2.62. The molecular formula is C11H10N2O3S2. The minimum absolute atomic E-state index is 0.371. The van der Waals surface area contributed by atoms with Crippen molar-refractivity contribution in [2.24, 2.45) is 9.98 Å². The van der Waals surface area contributed by atoms with Crippen LogP contribution in [0.1, 0.15) is 0 Å². The second-order valence-corrected chi connectivity index (χ2v) is 7.44. The first-order valence-corrected chi connectivity index (χ1v) is 7.87. The highest BCUT2D eigenvalue weighted by Gasteiger charge is 2.39. The number of carboxylic acids is 1. The molecule has 1 aromatic rings. The Kier molecular flexibility index (Phi) is 2.69. The van der Waals surface area contributed by atoms with E-state index >= 15 is 0 Å². The molecule has 2 heterocycles. The summed E-state index contributed by atoms with van der Waals surface area (Å²) in [6.45, 7) is 0. The van der Waals surface area contributed by atoms with E-state index in [1.54, 1.807) is 0 Å². The number of nitrogens with zero attached hydrogens (tertiary/aromatic N) is 2. The molecule has 2 aliphatic rings. The number of rotatable bonds is 1. The molecule has 0 aromatic heterocycles. The molecule has 7 heteroatoms. The average Bonchev–Trinajstić information content (AvgIpc) is 2.96. The highest BCUT2D eigenvalue weighted by molar-refractivity contribution is 8.61. The second kappa shape index (κ2) is 4.11. The van der Waals surface area contributed by atoms with Crippen LogP contribution in [0.3, 0.4) is 0 Å². The van der Waals surface area contributed by atoms with E-state index < -0.39 is 22.3 Å². The molecule has 2 N–H and O–H groups in total. The fourth-order valence-electron chi connectivity index (χ4n) is 1.80. The molecule has 1 aromatic carbocycles. The lowest BCUT2D eigenvalue weighted by Gasteiger charge is -2.25. The van der Waals surface area contributed by atoms with Crippen LogP contribution in [-0.4, -0.2) is 37.3 Å². The minimum atomic E-state index is -2.35. The molecule has 0 bridgehead atoms. The summed E-state index contributed by atoms with van der Waals surface area (Å²) in [5, 5.41) is 8.93. The number of hydrogen-bond donors (Lipinski definition) is 2. The molecule has 0 aliphatic carbocycles. The molecule has 5 nitrogen and oxygen atoms in total. The number of aliphatic imine (C=N–C) groups is 2. The van der Waals surface area contributed by atoms with Crippen molar-refractivity contribution in [1.29, 1.82) is 0 Å². The predicted octanol–water partition coefficient (Wildman–Crippen LogP) is 2.55. The van der Waals surface area contributed by atoms with Crippen LogP contribution in [0.2, 0.25) is 0 Å². The number of benzene rings is 1. The van der Waals surface area contributed by atoms with Crippen LogP contribution < -0.4 is 0 Å². The maximum atomic E-state index is 10.9. The van der Waals surface area contributed by atoms with Crippen molar-refractivity contribution in [1.82, 2.24) is 0 Å². The molecule has 2 aliphatic heterocycles. The van der Waals surface area contributed by atoms with E-state index in [-0.39, 0.29) is 0 Å². The quantitative estimate of drug-likeness (QED) is 0.829. The average molecular weight is 282 g/mol. The molecule has 0 saturated heterocycles.